The molecule has 0 aliphatic heterocycles. The minimum absolute atomic E-state index is 0.981. The Morgan fingerprint density at radius 1 is 1.33 bits per heavy atom. The van der Waals surface area contributed by atoms with Gasteiger partial charge in [0.25, 0.3) is 0 Å². The number of thioether (sulfide) groups is 1. The van der Waals surface area contributed by atoms with E-state index in [0.717, 1.165) is 6.16 Å². The molecule has 0 aromatic heterocycles. The first kappa shape index (κ1) is 13.1. The molecule has 1 atom stereocenters. The number of rotatable bonds is 5. The molecular weight excluding hydrogens is 286 g/mol. The topological polar surface area (TPSA) is 0 Å². The Balaban J connectivity index is 3.08. The minimum atomic E-state index is -1.32. The summed E-state index contributed by atoms with van der Waals surface area (Å²) in [6.07, 6.45) is 5.04. The van der Waals surface area contributed by atoms with Crippen LogP contribution in [0.2, 0.25) is 0 Å². The van der Waals surface area contributed by atoms with E-state index in [1.54, 1.807) is 11.8 Å². The van der Waals surface area contributed by atoms with Crippen molar-refractivity contribution in [1.29, 1.82) is 0 Å². The van der Waals surface area contributed by atoms with Crippen molar-refractivity contribution >= 4 is 37.7 Å². The SMILES string of the molecule is C=CCP(=[Se])(C=C)c1ccc(SC)cc1. The summed E-state index contributed by atoms with van der Waals surface area (Å²) in [6, 6.07) is 8.72. The maximum absolute atomic E-state index is 3.94. The van der Waals surface area contributed by atoms with Crippen LogP contribution in [0.5, 0.6) is 0 Å². The number of hydrogen-bond acceptors (Lipinski definition) is 1. The Morgan fingerprint density at radius 2 is 1.93 bits per heavy atom. The van der Waals surface area contributed by atoms with Crippen LogP contribution in [0.1, 0.15) is 0 Å². The molecule has 0 amide bonds. The zero-order valence-electron chi connectivity index (χ0n) is 8.85. The monoisotopic (exact) mass is 302 g/mol. The van der Waals surface area contributed by atoms with Crippen LogP contribution in [0.15, 0.2) is 54.2 Å². The fourth-order valence-corrected chi connectivity index (χ4v) is 4.76. The van der Waals surface area contributed by atoms with Gasteiger partial charge in [0.15, 0.2) is 0 Å². The van der Waals surface area contributed by atoms with Gasteiger partial charge >= 0.3 is 104 Å². The van der Waals surface area contributed by atoms with E-state index in [9.17, 15) is 0 Å². The van der Waals surface area contributed by atoms with Crippen molar-refractivity contribution in [3.8, 4) is 0 Å². The van der Waals surface area contributed by atoms with Gasteiger partial charge in [-0.15, -0.1) is 0 Å². The van der Waals surface area contributed by atoms with Crippen LogP contribution in [-0.4, -0.2) is 27.5 Å². The van der Waals surface area contributed by atoms with E-state index in [2.05, 4.69) is 64.6 Å². The predicted molar refractivity (Wildman–Crippen MR) is 75.8 cm³/mol. The van der Waals surface area contributed by atoms with Crippen LogP contribution in [-0.2, 0) is 0 Å². The summed E-state index contributed by atoms with van der Waals surface area (Å²) >= 11 is 5.08. The predicted octanol–water partition coefficient (Wildman–Crippen LogP) is 3.46. The van der Waals surface area contributed by atoms with Gasteiger partial charge in [-0.2, -0.15) is 0 Å². The van der Waals surface area contributed by atoms with Crippen molar-refractivity contribution in [2.75, 3.05) is 12.4 Å². The third-order valence-electron chi connectivity index (χ3n) is 2.20. The van der Waals surface area contributed by atoms with Gasteiger partial charge in [0.1, 0.15) is 0 Å². The molecule has 80 valence electrons. The average Bonchev–Trinajstić information content (AvgIpc) is 2.29. The van der Waals surface area contributed by atoms with Gasteiger partial charge in [0.2, 0.25) is 0 Å². The molecule has 0 heterocycles. The van der Waals surface area contributed by atoms with Gasteiger partial charge in [-0.3, -0.25) is 0 Å². The Kier molecular flexibility index (Phi) is 5.15. The summed E-state index contributed by atoms with van der Waals surface area (Å²) in [6.45, 7) is 7.74. The normalized spacial score (nSPS) is 14.2. The van der Waals surface area contributed by atoms with Crippen molar-refractivity contribution in [1.82, 2.24) is 0 Å². The molecule has 0 radical (unpaired) electrons. The van der Waals surface area contributed by atoms with Gasteiger partial charge in [-0.25, -0.2) is 0 Å². The molecule has 0 fully saturated rings. The first-order valence-corrected chi connectivity index (χ1v) is 10.1. The van der Waals surface area contributed by atoms with E-state index >= 15 is 0 Å². The second-order valence-corrected chi connectivity index (χ2v) is 11.0. The van der Waals surface area contributed by atoms with Crippen LogP contribution in [0.4, 0.5) is 0 Å². The molecule has 0 aliphatic carbocycles. The maximum atomic E-state index is 3.94. The van der Waals surface area contributed by atoms with Gasteiger partial charge in [-0.05, 0) is 0 Å². The molecule has 0 saturated carbocycles. The van der Waals surface area contributed by atoms with Crippen molar-refractivity contribution in [3.05, 3.63) is 49.3 Å². The molecule has 0 spiro atoms. The molecule has 0 aliphatic rings. The Bertz CT molecular complexity index is 395. The Labute approximate surface area is 104 Å². The van der Waals surface area contributed by atoms with Crippen molar-refractivity contribution in [2.45, 2.75) is 4.90 Å². The van der Waals surface area contributed by atoms with Crippen molar-refractivity contribution in [2.24, 2.45) is 0 Å². The summed E-state index contributed by atoms with van der Waals surface area (Å²) in [5.41, 5.74) is -1.32. The second kappa shape index (κ2) is 5.91. The molecule has 0 nitrogen and oxygen atoms in total. The summed E-state index contributed by atoms with van der Waals surface area (Å²) in [5.74, 6) is 2.06. The fourth-order valence-electron chi connectivity index (χ4n) is 1.31. The molecule has 1 unspecified atom stereocenters. The molecule has 1 aromatic rings. The molecule has 3 heteroatoms. The quantitative estimate of drug-likeness (QED) is 0.347. The summed E-state index contributed by atoms with van der Waals surface area (Å²) in [4.78, 5) is 1.30. The van der Waals surface area contributed by atoms with Crippen LogP contribution in [0, 0.1) is 0 Å². The van der Waals surface area contributed by atoms with E-state index in [1.807, 2.05) is 6.08 Å². The first-order valence-electron chi connectivity index (χ1n) is 4.64. The molecule has 1 rings (SSSR count). The third kappa shape index (κ3) is 3.23. The number of hydrogen-bond donors (Lipinski definition) is 0. The molecule has 0 N–H and O–H groups in total. The number of benzene rings is 1. The summed E-state index contributed by atoms with van der Waals surface area (Å²) in [7, 11) is 0. The van der Waals surface area contributed by atoms with E-state index in [-0.39, 0.29) is 0 Å². The zero-order chi connectivity index (χ0) is 11.3. The standard InChI is InChI=1S/C12H15PSSe/c1-4-10-13(15,5-2)11-6-8-12(14-3)9-7-11/h4-9H,1-2,10H2,3H3. The van der Waals surface area contributed by atoms with Crippen molar-refractivity contribution < 1.29 is 0 Å². The molecule has 1 aromatic carbocycles. The molecule has 0 bridgehead atoms. The molecule has 15 heavy (non-hydrogen) atoms. The third-order valence-corrected chi connectivity index (χ3v) is 8.71. The van der Waals surface area contributed by atoms with Gasteiger partial charge in [0, 0.05) is 0 Å². The van der Waals surface area contributed by atoms with E-state index in [4.69, 9.17) is 0 Å². The Morgan fingerprint density at radius 3 is 2.33 bits per heavy atom. The summed E-state index contributed by atoms with van der Waals surface area (Å²) in [5, 5.41) is 1.36. The van der Waals surface area contributed by atoms with E-state index < -0.39 is 5.51 Å². The van der Waals surface area contributed by atoms with Gasteiger partial charge < -0.3 is 0 Å². The fraction of sp³-hybridized carbons (Fsp3) is 0.167. The van der Waals surface area contributed by atoms with Gasteiger partial charge in [-0.1, -0.05) is 0 Å². The van der Waals surface area contributed by atoms with Crippen molar-refractivity contribution in [3.63, 3.8) is 0 Å². The van der Waals surface area contributed by atoms with Crippen LogP contribution < -0.4 is 5.30 Å². The first-order chi connectivity index (χ1) is 7.16. The number of allylic oxidation sites excluding steroid dienone is 1. The van der Waals surface area contributed by atoms with Crippen LogP contribution >= 0.6 is 17.3 Å². The molecular formula is C12H15PSSe. The zero-order valence-corrected chi connectivity index (χ0v) is 12.3. The van der Waals surface area contributed by atoms with Crippen LogP contribution in [0.25, 0.3) is 0 Å². The van der Waals surface area contributed by atoms with E-state index in [0.29, 0.717) is 0 Å². The molecule has 0 saturated heterocycles. The van der Waals surface area contributed by atoms with Crippen LogP contribution in [0.3, 0.4) is 0 Å². The summed E-state index contributed by atoms with van der Waals surface area (Å²) < 4.78 is 0. The van der Waals surface area contributed by atoms with E-state index in [1.165, 1.54) is 10.2 Å². The Hall–Kier alpha value is -0.000519. The second-order valence-electron chi connectivity index (χ2n) is 3.15. The average molecular weight is 301 g/mol. The van der Waals surface area contributed by atoms with Gasteiger partial charge in [0.05, 0.1) is 0 Å².